The van der Waals surface area contributed by atoms with Crippen molar-refractivity contribution < 1.29 is 29.3 Å². The van der Waals surface area contributed by atoms with Gasteiger partial charge in [0.05, 0.1) is 17.9 Å². The zero-order chi connectivity index (χ0) is 30.3. The monoisotopic (exact) mass is 580 g/mol. The molecule has 0 heterocycles. The maximum Gasteiger partial charge on any atom is 0.316 e. The van der Waals surface area contributed by atoms with Crippen molar-refractivity contribution in [3.8, 4) is 0 Å². The van der Waals surface area contributed by atoms with Gasteiger partial charge in [-0.15, -0.1) is 18.3 Å². The molecule has 0 aromatic heterocycles. The summed E-state index contributed by atoms with van der Waals surface area (Å²) in [5, 5.41) is 23.8. The van der Waals surface area contributed by atoms with Crippen molar-refractivity contribution in [3.63, 3.8) is 0 Å². The van der Waals surface area contributed by atoms with Gasteiger partial charge in [-0.25, -0.2) is 0 Å². The highest BCUT2D eigenvalue weighted by molar-refractivity contribution is 8.01. The first-order valence-electron chi connectivity index (χ1n) is 14.8. The molecule has 3 fully saturated rings. The van der Waals surface area contributed by atoms with Gasteiger partial charge < -0.3 is 26.0 Å². The third-order valence-corrected chi connectivity index (χ3v) is 12.4. The van der Waals surface area contributed by atoms with E-state index < -0.39 is 33.8 Å². The number of rotatable bonds is 10. The average Bonchev–Trinajstić information content (AvgIpc) is 3.28. The lowest BCUT2D eigenvalue weighted by atomic mass is 9.44. The Labute approximate surface area is 244 Å². The minimum atomic E-state index is -0.809. The number of nitrogens with two attached hydrogens (primary N) is 1. The SMILES string of the molecule is C=C[C@]1(C)C[C@@H](OC(=O)CSC(C)(C)CNC(=O)[C@H](N)C(C)CO)[C@]2(C)[C@H](C)CC[C@]3(CCC(=O)[C@H]32)[C@@H](C)[C@@H]1O. The van der Waals surface area contributed by atoms with Gasteiger partial charge in [0.2, 0.25) is 5.91 Å². The van der Waals surface area contributed by atoms with E-state index in [1.807, 2.05) is 20.8 Å². The van der Waals surface area contributed by atoms with Crippen LogP contribution >= 0.6 is 11.8 Å². The maximum atomic E-state index is 13.5. The Kier molecular flexibility index (Phi) is 9.97. The van der Waals surface area contributed by atoms with E-state index in [2.05, 4.69) is 32.7 Å². The highest BCUT2D eigenvalue weighted by Crippen LogP contribution is 2.68. The molecular weight excluding hydrogens is 528 g/mol. The third-order valence-electron chi connectivity index (χ3n) is 11.0. The first kappa shape index (κ1) is 33.1. The predicted octanol–water partition coefficient (Wildman–Crippen LogP) is 3.48. The molecule has 3 saturated carbocycles. The van der Waals surface area contributed by atoms with Gasteiger partial charge in [-0.1, -0.05) is 40.7 Å². The fourth-order valence-electron chi connectivity index (χ4n) is 7.79. The first-order valence-corrected chi connectivity index (χ1v) is 15.8. The minimum absolute atomic E-state index is 0.0736. The molecule has 1 amide bonds. The van der Waals surface area contributed by atoms with Crippen molar-refractivity contribution >= 4 is 29.4 Å². The van der Waals surface area contributed by atoms with Crippen molar-refractivity contribution in [2.24, 2.45) is 45.7 Å². The molecule has 0 aliphatic heterocycles. The van der Waals surface area contributed by atoms with Crippen LogP contribution in [0.4, 0.5) is 0 Å². The van der Waals surface area contributed by atoms with E-state index >= 15 is 0 Å². The summed E-state index contributed by atoms with van der Waals surface area (Å²) < 4.78 is 5.84. The molecule has 8 nitrogen and oxygen atoms in total. The van der Waals surface area contributed by atoms with Crippen LogP contribution in [-0.4, -0.2) is 69.8 Å². The number of hydrogen-bond acceptors (Lipinski definition) is 8. The van der Waals surface area contributed by atoms with E-state index in [0.29, 0.717) is 19.4 Å². The summed E-state index contributed by atoms with van der Waals surface area (Å²) in [7, 11) is 0. The van der Waals surface area contributed by atoms with Crippen molar-refractivity contribution in [1.29, 1.82) is 0 Å². The van der Waals surface area contributed by atoms with Gasteiger partial charge in [0.15, 0.2) is 0 Å². The van der Waals surface area contributed by atoms with Crippen molar-refractivity contribution in [2.75, 3.05) is 18.9 Å². The molecule has 3 rings (SSSR count). The second-order valence-corrected chi connectivity index (χ2v) is 15.7. The predicted molar refractivity (Wildman–Crippen MR) is 158 cm³/mol. The van der Waals surface area contributed by atoms with E-state index in [-0.39, 0.29) is 59.1 Å². The number of carbonyl (C=O) groups is 3. The topological polar surface area (TPSA) is 139 Å². The maximum absolute atomic E-state index is 13.5. The Hall–Kier alpha value is -1.42. The molecule has 0 aromatic carbocycles. The summed E-state index contributed by atoms with van der Waals surface area (Å²) in [4.78, 5) is 39.3. The molecule has 3 aliphatic carbocycles. The zero-order valence-corrected chi connectivity index (χ0v) is 26.3. The van der Waals surface area contributed by atoms with Gasteiger partial charge in [0.1, 0.15) is 11.9 Å². The lowest BCUT2D eigenvalue weighted by molar-refractivity contribution is -0.205. The number of nitrogens with one attached hydrogen (secondary N) is 1. The molecule has 0 saturated heterocycles. The number of Topliss-reactive ketones (excluding diaryl/α,β-unsaturated/α-hetero) is 1. The number of esters is 1. The lowest BCUT2D eigenvalue weighted by Gasteiger charge is -2.61. The molecule has 0 aromatic rings. The van der Waals surface area contributed by atoms with Crippen LogP contribution in [-0.2, 0) is 19.1 Å². The summed E-state index contributed by atoms with van der Waals surface area (Å²) in [6.45, 7) is 18.2. The van der Waals surface area contributed by atoms with Crippen LogP contribution in [0.3, 0.4) is 0 Å². The van der Waals surface area contributed by atoms with Crippen LogP contribution in [0.2, 0.25) is 0 Å². The summed E-state index contributed by atoms with van der Waals surface area (Å²) in [5.41, 5.74) is 4.38. The molecule has 2 bridgehead atoms. The van der Waals surface area contributed by atoms with Crippen LogP contribution in [0.15, 0.2) is 12.7 Å². The van der Waals surface area contributed by atoms with Crippen LogP contribution in [0.5, 0.6) is 0 Å². The summed E-state index contributed by atoms with van der Waals surface area (Å²) in [5.74, 6) is -0.913. The molecule has 3 aliphatic rings. The van der Waals surface area contributed by atoms with Gasteiger partial charge in [0.25, 0.3) is 0 Å². The van der Waals surface area contributed by atoms with E-state index in [4.69, 9.17) is 10.5 Å². The van der Waals surface area contributed by atoms with E-state index in [0.717, 1.165) is 19.3 Å². The van der Waals surface area contributed by atoms with Gasteiger partial charge in [0, 0.05) is 47.0 Å². The number of ketones is 1. The number of carbonyl (C=O) groups excluding carboxylic acids is 3. The number of amides is 1. The summed E-state index contributed by atoms with van der Waals surface area (Å²) in [6.07, 6.45) is 4.04. The lowest BCUT2D eigenvalue weighted by Crippen LogP contribution is -2.63. The second-order valence-electron chi connectivity index (χ2n) is 14.0. The number of aliphatic hydroxyl groups excluding tert-OH is 2. The number of hydrogen-bond donors (Lipinski definition) is 4. The first-order chi connectivity index (χ1) is 18.5. The number of ether oxygens (including phenoxy) is 1. The zero-order valence-electron chi connectivity index (χ0n) is 25.5. The quantitative estimate of drug-likeness (QED) is 0.228. The highest BCUT2D eigenvalue weighted by atomic mass is 32.2. The van der Waals surface area contributed by atoms with Gasteiger partial charge in [-0.3, -0.25) is 14.4 Å². The summed E-state index contributed by atoms with van der Waals surface area (Å²) >= 11 is 1.38. The Morgan fingerprint density at radius 2 is 1.95 bits per heavy atom. The molecular formula is C31H52N2O6S. The standard InChI is InChI=1S/C31H52N2O6S/c1-9-29(7)14-22(39-23(36)16-40-28(5,6)17-33-27(38)24(32)18(2)15-34)30(8)19(3)10-12-31(20(4)26(29)37)13-11-21(35)25(30)31/h9,18-20,22,24-26,34,37H,1,10-17,32H2,2-8H3,(H,33,38)/t18?,19-,20+,22-,24-,25+,26+,29-,30+,31+/m1/s1. The van der Waals surface area contributed by atoms with Gasteiger partial charge in [-0.05, 0) is 56.8 Å². The van der Waals surface area contributed by atoms with E-state index in [1.54, 1.807) is 13.0 Å². The molecule has 0 spiro atoms. The summed E-state index contributed by atoms with van der Waals surface area (Å²) in [6, 6.07) is -0.809. The van der Waals surface area contributed by atoms with Crippen LogP contribution in [0, 0.1) is 39.9 Å². The van der Waals surface area contributed by atoms with E-state index in [1.165, 1.54) is 11.8 Å². The molecule has 0 radical (unpaired) electrons. The van der Waals surface area contributed by atoms with Crippen molar-refractivity contribution in [2.45, 2.75) is 104 Å². The molecule has 10 atom stereocenters. The fraction of sp³-hybridized carbons (Fsp3) is 0.839. The largest absolute Gasteiger partial charge is 0.461 e. The Morgan fingerprint density at radius 3 is 2.55 bits per heavy atom. The normalized spacial score (nSPS) is 39.4. The molecule has 40 heavy (non-hydrogen) atoms. The third kappa shape index (κ3) is 5.90. The fourth-order valence-corrected chi connectivity index (χ4v) is 8.54. The second kappa shape index (κ2) is 12.1. The minimum Gasteiger partial charge on any atom is -0.461 e. The number of aliphatic hydroxyl groups is 2. The van der Waals surface area contributed by atoms with Crippen molar-refractivity contribution in [1.82, 2.24) is 5.32 Å². The van der Waals surface area contributed by atoms with E-state index in [9.17, 15) is 24.6 Å². The molecule has 9 heteroatoms. The highest BCUT2D eigenvalue weighted by Gasteiger charge is 2.68. The smallest absolute Gasteiger partial charge is 0.316 e. The molecule has 228 valence electrons. The average molecular weight is 581 g/mol. The van der Waals surface area contributed by atoms with Crippen LogP contribution in [0.25, 0.3) is 0 Å². The van der Waals surface area contributed by atoms with Gasteiger partial charge >= 0.3 is 5.97 Å². The Bertz CT molecular complexity index is 989. The van der Waals surface area contributed by atoms with Gasteiger partial charge in [-0.2, -0.15) is 0 Å². The Morgan fingerprint density at radius 1 is 1.30 bits per heavy atom. The van der Waals surface area contributed by atoms with Crippen LogP contribution in [0.1, 0.15) is 80.6 Å². The molecule has 1 unspecified atom stereocenters. The van der Waals surface area contributed by atoms with Crippen molar-refractivity contribution in [3.05, 3.63) is 12.7 Å². The van der Waals surface area contributed by atoms with Crippen LogP contribution < -0.4 is 11.1 Å². The Balaban J connectivity index is 1.80. The molecule has 5 N–H and O–H groups in total. The number of thioether (sulfide) groups is 1.